The van der Waals surface area contributed by atoms with Gasteiger partial charge in [-0.15, -0.1) is 0 Å². The molecule has 3 heterocycles. The minimum Gasteiger partial charge on any atom is -0.457 e. The summed E-state index contributed by atoms with van der Waals surface area (Å²) in [5.74, 6) is 1.96. The molecule has 0 unspecified atom stereocenters. The number of carbonyl (C=O) groups excluding carboxylic acids is 1. The molecule has 0 spiro atoms. The molecule has 0 saturated carbocycles. The van der Waals surface area contributed by atoms with Crippen LogP contribution in [0.15, 0.2) is 61.1 Å². The van der Waals surface area contributed by atoms with E-state index in [4.69, 9.17) is 16.3 Å². The van der Waals surface area contributed by atoms with Crippen molar-refractivity contribution in [2.24, 2.45) is 5.92 Å². The first kappa shape index (κ1) is 23.3. The van der Waals surface area contributed by atoms with Crippen LogP contribution in [0.2, 0.25) is 5.02 Å². The third-order valence-corrected chi connectivity index (χ3v) is 6.74. The highest BCUT2D eigenvalue weighted by Gasteiger charge is 2.29. The minimum absolute atomic E-state index is 0.150. The van der Waals surface area contributed by atoms with Crippen molar-refractivity contribution in [2.75, 3.05) is 32.1 Å². The van der Waals surface area contributed by atoms with Crippen LogP contribution in [0, 0.1) is 5.92 Å². The summed E-state index contributed by atoms with van der Waals surface area (Å²) in [5, 5.41) is 13.9. The van der Waals surface area contributed by atoms with Crippen molar-refractivity contribution in [3.8, 4) is 11.5 Å². The number of para-hydroxylation sites is 1. The van der Waals surface area contributed by atoms with Crippen LogP contribution in [0.3, 0.4) is 0 Å². The third-order valence-electron chi connectivity index (χ3n) is 6.42. The van der Waals surface area contributed by atoms with Crippen molar-refractivity contribution in [1.29, 1.82) is 0 Å². The van der Waals surface area contributed by atoms with E-state index in [1.165, 1.54) is 6.33 Å². The second kappa shape index (κ2) is 10.0. The van der Waals surface area contributed by atoms with Crippen molar-refractivity contribution >= 4 is 34.2 Å². The van der Waals surface area contributed by atoms with E-state index < -0.39 is 0 Å². The van der Waals surface area contributed by atoms with E-state index in [2.05, 4.69) is 25.2 Å². The Balaban J connectivity index is 1.37. The molecule has 0 amide bonds. The lowest BCUT2D eigenvalue weighted by molar-refractivity contribution is 0.104. The van der Waals surface area contributed by atoms with Gasteiger partial charge >= 0.3 is 0 Å². The molecule has 1 fully saturated rings. The van der Waals surface area contributed by atoms with Crippen LogP contribution in [-0.4, -0.2) is 63.5 Å². The number of aliphatic hydroxyl groups is 1. The van der Waals surface area contributed by atoms with Gasteiger partial charge in [0, 0.05) is 37.0 Å². The number of anilines is 1. The average molecular weight is 492 g/mol. The molecule has 35 heavy (non-hydrogen) atoms. The summed E-state index contributed by atoms with van der Waals surface area (Å²) in [5.41, 5.74) is 1.38. The number of H-pyrrole nitrogens is 1. The Morgan fingerprint density at radius 2 is 2.03 bits per heavy atom. The van der Waals surface area contributed by atoms with Crippen LogP contribution in [0.4, 0.5) is 5.82 Å². The van der Waals surface area contributed by atoms with E-state index >= 15 is 0 Å². The fourth-order valence-corrected chi connectivity index (χ4v) is 4.84. The number of hydrogen-bond acceptors (Lipinski definition) is 7. The van der Waals surface area contributed by atoms with Crippen molar-refractivity contribution < 1.29 is 14.6 Å². The molecule has 9 heteroatoms. The molecule has 1 saturated heterocycles. The highest BCUT2D eigenvalue weighted by atomic mass is 35.5. The molecular weight excluding hydrogens is 466 g/mol. The van der Waals surface area contributed by atoms with Gasteiger partial charge in [0.1, 0.15) is 29.3 Å². The van der Waals surface area contributed by atoms with E-state index in [-0.39, 0.29) is 18.4 Å². The molecule has 2 aromatic carbocycles. The monoisotopic (exact) mass is 491 g/mol. The molecule has 3 N–H and O–H groups in total. The fraction of sp³-hybridized carbons (Fsp3) is 0.269. The maximum Gasteiger partial charge on any atom is 0.196 e. The number of nitrogens with one attached hydrogen (secondary N) is 2. The number of halogens is 1. The first-order valence-corrected chi connectivity index (χ1v) is 11.9. The number of nitrogens with zero attached hydrogens (tertiary/aromatic N) is 3. The van der Waals surface area contributed by atoms with Crippen LogP contribution >= 0.6 is 11.6 Å². The molecule has 2 aromatic heterocycles. The SMILES string of the molecule is CN1C[C@H](CNc2ncnc3[nH]cc(C(=O)c4ccc(Oc5ccccc5)cc4Cl)c23)C[C@H]1CO. The smallest absolute Gasteiger partial charge is 0.196 e. The van der Waals surface area contributed by atoms with Crippen molar-refractivity contribution in [3.05, 3.63) is 77.2 Å². The number of hydrogen-bond donors (Lipinski definition) is 3. The standard InChI is InChI=1S/C26H26ClN5O3/c1-32-13-16(9-17(32)14-33)11-28-25-23-21(12-29-26(23)31-15-30-25)24(34)20-8-7-19(10-22(20)27)35-18-5-3-2-4-6-18/h2-8,10,12,15-17,33H,9,11,13-14H2,1H3,(H2,28,29,30,31)/t16-,17-/m0/s1. The Kier molecular flexibility index (Phi) is 6.68. The summed E-state index contributed by atoms with van der Waals surface area (Å²) < 4.78 is 5.83. The lowest BCUT2D eigenvalue weighted by atomic mass is 10.0. The van der Waals surface area contributed by atoms with Gasteiger partial charge in [-0.3, -0.25) is 4.79 Å². The summed E-state index contributed by atoms with van der Waals surface area (Å²) >= 11 is 6.50. The van der Waals surface area contributed by atoms with Gasteiger partial charge in [0.2, 0.25) is 0 Å². The Hall–Kier alpha value is -3.46. The molecule has 8 nitrogen and oxygen atoms in total. The zero-order valence-corrected chi connectivity index (χ0v) is 20.0. The van der Waals surface area contributed by atoms with Gasteiger partial charge in [0.25, 0.3) is 0 Å². The zero-order valence-electron chi connectivity index (χ0n) is 19.2. The van der Waals surface area contributed by atoms with E-state index in [1.54, 1.807) is 24.4 Å². The molecule has 0 radical (unpaired) electrons. The predicted molar refractivity (Wildman–Crippen MR) is 135 cm³/mol. The van der Waals surface area contributed by atoms with E-state index in [0.717, 1.165) is 13.0 Å². The normalized spacial score (nSPS) is 18.1. The maximum atomic E-state index is 13.5. The molecule has 0 bridgehead atoms. The van der Waals surface area contributed by atoms with Crippen molar-refractivity contribution in [1.82, 2.24) is 19.9 Å². The number of aromatic amines is 1. The Morgan fingerprint density at radius 1 is 1.20 bits per heavy atom. The minimum atomic E-state index is -0.230. The number of fused-ring (bicyclic) bond motifs is 1. The van der Waals surface area contributed by atoms with Gasteiger partial charge in [-0.05, 0) is 43.7 Å². The number of likely N-dealkylation sites (tertiary alicyclic amines) is 1. The topological polar surface area (TPSA) is 103 Å². The van der Waals surface area contributed by atoms with E-state index in [0.29, 0.717) is 57.0 Å². The number of aliphatic hydroxyl groups excluding tert-OH is 1. The Bertz CT molecular complexity index is 1340. The van der Waals surface area contributed by atoms with Gasteiger partial charge in [-0.2, -0.15) is 0 Å². The molecule has 2 atom stereocenters. The zero-order chi connectivity index (χ0) is 24.4. The number of likely N-dealkylation sites (N-methyl/N-ethyl adjacent to an activating group) is 1. The van der Waals surface area contributed by atoms with Gasteiger partial charge in [0.05, 0.1) is 22.6 Å². The summed E-state index contributed by atoms with van der Waals surface area (Å²) in [6, 6.07) is 14.6. The van der Waals surface area contributed by atoms with Crippen LogP contribution < -0.4 is 10.1 Å². The number of ketones is 1. The van der Waals surface area contributed by atoms with Gasteiger partial charge in [0.15, 0.2) is 5.78 Å². The molecule has 1 aliphatic rings. The third kappa shape index (κ3) is 4.86. The summed E-state index contributed by atoms with van der Waals surface area (Å²) in [4.78, 5) is 27.4. The molecule has 5 rings (SSSR count). The quantitative estimate of drug-likeness (QED) is 0.315. The van der Waals surface area contributed by atoms with Crippen molar-refractivity contribution in [2.45, 2.75) is 12.5 Å². The summed E-state index contributed by atoms with van der Waals surface area (Å²) in [7, 11) is 2.02. The van der Waals surface area contributed by atoms with Gasteiger partial charge < -0.3 is 25.0 Å². The fourth-order valence-electron chi connectivity index (χ4n) is 4.59. The highest BCUT2D eigenvalue weighted by Crippen LogP contribution is 2.31. The van der Waals surface area contributed by atoms with Crippen LogP contribution in [-0.2, 0) is 0 Å². The van der Waals surface area contributed by atoms with Crippen molar-refractivity contribution in [3.63, 3.8) is 0 Å². The summed E-state index contributed by atoms with van der Waals surface area (Å²) in [6.45, 7) is 1.72. The number of carbonyl (C=O) groups is 1. The molecule has 0 aliphatic carbocycles. The molecule has 4 aromatic rings. The Morgan fingerprint density at radius 3 is 2.77 bits per heavy atom. The molecular formula is C26H26ClN5O3. The number of ether oxygens (including phenoxy) is 1. The van der Waals surface area contributed by atoms with E-state index in [9.17, 15) is 9.90 Å². The van der Waals surface area contributed by atoms with Crippen LogP contribution in [0.25, 0.3) is 11.0 Å². The lowest BCUT2D eigenvalue weighted by Gasteiger charge is -2.15. The second-order valence-electron chi connectivity index (χ2n) is 8.79. The lowest BCUT2D eigenvalue weighted by Crippen LogP contribution is -2.28. The largest absolute Gasteiger partial charge is 0.457 e. The second-order valence-corrected chi connectivity index (χ2v) is 9.20. The first-order valence-electron chi connectivity index (χ1n) is 11.5. The van der Waals surface area contributed by atoms with Gasteiger partial charge in [-0.25, -0.2) is 9.97 Å². The number of rotatable bonds is 8. The highest BCUT2D eigenvalue weighted by molar-refractivity contribution is 6.35. The molecule has 180 valence electrons. The number of aromatic nitrogens is 3. The Labute approximate surface area is 207 Å². The van der Waals surface area contributed by atoms with Gasteiger partial charge in [-0.1, -0.05) is 29.8 Å². The van der Waals surface area contributed by atoms with Crippen LogP contribution in [0.5, 0.6) is 11.5 Å². The molecule has 1 aliphatic heterocycles. The first-order chi connectivity index (χ1) is 17.0. The van der Waals surface area contributed by atoms with E-state index in [1.807, 2.05) is 37.4 Å². The average Bonchev–Trinajstić information content (AvgIpc) is 3.46. The van der Waals surface area contributed by atoms with Crippen LogP contribution in [0.1, 0.15) is 22.3 Å². The predicted octanol–water partition coefficient (Wildman–Crippen LogP) is 4.36. The number of benzene rings is 2. The maximum absolute atomic E-state index is 13.5. The summed E-state index contributed by atoms with van der Waals surface area (Å²) in [6.07, 6.45) is 4.01.